The van der Waals surface area contributed by atoms with E-state index in [4.69, 9.17) is 4.42 Å². The van der Waals surface area contributed by atoms with E-state index < -0.39 is 16.1 Å². The summed E-state index contributed by atoms with van der Waals surface area (Å²) < 4.78 is 29.4. The van der Waals surface area contributed by atoms with Crippen molar-refractivity contribution in [3.05, 3.63) is 11.8 Å². The van der Waals surface area contributed by atoms with Crippen molar-refractivity contribution in [1.82, 2.24) is 20.2 Å². The topological polar surface area (TPSA) is 114 Å². The Kier molecular flexibility index (Phi) is 5.63. The average Bonchev–Trinajstić information content (AvgIpc) is 2.76. The SMILES string of the molecule is CC(C)c1nnc(C(C)NC(=O)CCNS(C)(=O)=O)o1. The summed E-state index contributed by atoms with van der Waals surface area (Å²) in [4.78, 5) is 11.6. The lowest BCUT2D eigenvalue weighted by atomic mass is 10.2. The van der Waals surface area contributed by atoms with E-state index in [1.165, 1.54) is 0 Å². The second-order valence-corrected chi connectivity index (χ2v) is 6.67. The van der Waals surface area contributed by atoms with Crippen LogP contribution in [0.4, 0.5) is 0 Å². The first-order valence-electron chi connectivity index (χ1n) is 6.26. The maximum atomic E-state index is 11.6. The summed E-state index contributed by atoms with van der Waals surface area (Å²) in [6.07, 6.45) is 1.09. The number of amides is 1. The van der Waals surface area contributed by atoms with Crippen LogP contribution < -0.4 is 10.0 Å². The molecule has 8 nitrogen and oxygen atoms in total. The molecule has 114 valence electrons. The molecule has 1 unspecified atom stereocenters. The third-order valence-corrected chi connectivity index (χ3v) is 3.14. The third kappa shape index (κ3) is 5.66. The highest BCUT2D eigenvalue weighted by Crippen LogP contribution is 2.16. The zero-order valence-electron chi connectivity index (χ0n) is 12.0. The Morgan fingerprint density at radius 1 is 1.25 bits per heavy atom. The van der Waals surface area contributed by atoms with Crippen LogP contribution in [0.1, 0.15) is 50.9 Å². The summed E-state index contributed by atoms with van der Waals surface area (Å²) in [7, 11) is -3.28. The van der Waals surface area contributed by atoms with Crippen LogP contribution in [0, 0.1) is 0 Å². The highest BCUT2D eigenvalue weighted by molar-refractivity contribution is 7.88. The molecule has 9 heteroatoms. The number of sulfonamides is 1. The van der Waals surface area contributed by atoms with Gasteiger partial charge in [0.25, 0.3) is 0 Å². The molecule has 0 fully saturated rings. The monoisotopic (exact) mass is 304 g/mol. The number of hydrogen-bond acceptors (Lipinski definition) is 6. The maximum Gasteiger partial charge on any atom is 0.238 e. The average molecular weight is 304 g/mol. The van der Waals surface area contributed by atoms with Crippen molar-refractivity contribution in [3.8, 4) is 0 Å². The van der Waals surface area contributed by atoms with Crippen molar-refractivity contribution >= 4 is 15.9 Å². The lowest BCUT2D eigenvalue weighted by Crippen LogP contribution is -2.31. The van der Waals surface area contributed by atoms with Crippen molar-refractivity contribution in [1.29, 1.82) is 0 Å². The maximum absolute atomic E-state index is 11.6. The van der Waals surface area contributed by atoms with Crippen LogP contribution in [-0.2, 0) is 14.8 Å². The van der Waals surface area contributed by atoms with E-state index in [1.807, 2.05) is 13.8 Å². The molecule has 0 aromatic carbocycles. The molecule has 0 saturated heterocycles. The molecular weight excluding hydrogens is 284 g/mol. The Bertz CT molecular complexity index is 553. The molecule has 1 aromatic heterocycles. The van der Waals surface area contributed by atoms with E-state index in [9.17, 15) is 13.2 Å². The molecule has 1 amide bonds. The second-order valence-electron chi connectivity index (χ2n) is 4.84. The molecule has 2 N–H and O–H groups in total. The highest BCUT2D eigenvalue weighted by Gasteiger charge is 2.17. The Balaban J connectivity index is 2.44. The van der Waals surface area contributed by atoms with Crippen molar-refractivity contribution in [2.75, 3.05) is 12.8 Å². The van der Waals surface area contributed by atoms with Gasteiger partial charge in [-0.05, 0) is 6.92 Å². The van der Waals surface area contributed by atoms with Crippen molar-refractivity contribution in [2.24, 2.45) is 0 Å². The molecule has 0 aliphatic carbocycles. The van der Waals surface area contributed by atoms with Gasteiger partial charge in [-0.25, -0.2) is 13.1 Å². The van der Waals surface area contributed by atoms with E-state index >= 15 is 0 Å². The fraction of sp³-hybridized carbons (Fsp3) is 0.727. The summed E-state index contributed by atoms with van der Waals surface area (Å²) in [5.41, 5.74) is 0. The molecule has 0 bridgehead atoms. The van der Waals surface area contributed by atoms with Gasteiger partial charge in [-0.1, -0.05) is 13.8 Å². The Morgan fingerprint density at radius 3 is 2.35 bits per heavy atom. The fourth-order valence-electron chi connectivity index (χ4n) is 1.38. The summed E-state index contributed by atoms with van der Waals surface area (Å²) in [6.45, 7) is 5.63. The molecule has 0 radical (unpaired) electrons. The minimum Gasteiger partial charge on any atom is -0.423 e. The van der Waals surface area contributed by atoms with E-state index in [-0.39, 0.29) is 24.8 Å². The summed E-state index contributed by atoms with van der Waals surface area (Å²) in [6, 6.07) is -0.416. The molecule has 1 rings (SSSR count). The predicted molar refractivity (Wildman–Crippen MR) is 72.4 cm³/mol. The normalized spacial score (nSPS) is 13.4. The minimum atomic E-state index is -3.28. The van der Waals surface area contributed by atoms with Crippen LogP contribution in [0.5, 0.6) is 0 Å². The van der Waals surface area contributed by atoms with Gasteiger partial charge in [0.1, 0.15) is 6.04 Å². The van der Waals surface area contributed by atoms with Gasteiger partial charge >= 0.3 is 0 Å². The Hall–Kier alpha value is -1.48. The first-order chi connectivity index (χ1) is 9.19. The number of hydrogen-bond donors (Lipinski definition) is 2. The molecule has 0 aliphatic rings. The van der Waals surface area contributed by atoms with Gasteiger partial charge in [-0.15, -0.1) is 10.2 Å². The first-order valence-corrected chi connectivity index (χ1v) is 8.15. The van der Waals surface area contributed by atoms with E-state index in [2.05, 4.69) is 20.2 Å². The second kappa shape index (κ2) is 6.80. The largest absolute Gasteiger partial charge is 0.423 e. The number of carbonyl (C=O) groups is 1. The molecule has 1 aromatic rings. The number of aromatic nitrogens is 2. The smallest absolute Gasteiger partial charge is 0.238 e. The quantitative estimate of drug-likeness (QED) is 0.749. The summed E-state index contributed by atoms with van der Waals surface area (Å²) in [5, 5.41) is 10.4. The van der Waals surface area contributed by atoms with Crippen molar-refractivity contribution < 1.29 is 17.6 Å². The molecule has 0 aliphatic heterocycles. The molecular formula is C11H20N4O4S. The van der Waals surface area contributed by atoms with E-state index in [1.54, 1.807) is 6.92 Å². The van der Waals surface area contributed by atoms with Crippen LogP contribution in [0.25, 0.3) is 0 Å². The standard InChI is InChI=1S/C11H20N4O4S/c1-7(2)10-14-15-11(19-10)8(3)13-9(16)5-6-12-20(4,17)18/h7-8,12H,5-6H2,1-4H3,(H,13,16). The fourth-order valence-corrected chi connectivity index (χ4v) is 1.85. The zero-order chi connectivity index (χ0) is 15.3. The highest BCUT2D eigenvalue weighted by atomic mass is 32.2. The van der Waals surface area contributed by atoms with Gasteiger partial charge in [0.2, 0.25) is 27.7 Å². The van der Waals surface area contributed by atoms with Crippen LogP contribution >= 0.6 is 0 Å². The Morgan fingerprint density at radius 2 is 1.85 bits per heavy atom. The number of rotatable bonds is 7. The first kappa shape index (κ1) is 16.6. The molecule has 0 spiro atoms. The van der Waals surface area contributed by atoms with E-state index in [0.717, 1.165) is 6.26 Å². The van der Waals surface area contributed by atoms with Gasteiger partial charge in [0.15, 0.2) is 0 Å². The molecule has 1 heterocycles. The van der Waals surface area contributed by atoms with Gasteiger partial charge in [0, 0.05) is 18.9 Å². The molecule has 20 heavy (non-hydrogen) atoms. The van der Waals surface area contributed by atoms with Crippen LogP contribution in [-0.4, -0.2) is 37.3 Å². The minimum absolute atomic E-state index is 0.0442. The van der Waals surface area contributed by atoms with Crippen LogP contribution in [0.2, 0.25) is 0 Å². The zero-order valence-corrected chi connectivity index (χ0v) is 12.8. The lowest BCUT2D eigenvalue weighted by Gasteiger charge is -2.10. The lowest BCUT2D eigenvalue weighted by molar-refractivity contribution is -0.121. The molecule has 0 saturated carbocycles. The number of nitrogens with one attached hydrogen (secondary N) is 2. The van der Waals surface area contributed by atoms with Crippen LogP contribution in [0.3, 0.4) is 0 Å². The van der Waals surface area contributed by atoms with E-state index in [0.29, 0.717) is 11.8 Å². The molecule has 1 atom stereocenters. The predicted octanol–water partition coefficient (Wildman–Crippen LogP) is 0.310. The van der Waals surface area contributed by atoms with Gasteiger partial charge in [0.05, 0.1) is 6.26 Å². The third-order valence-electron chi connectivity index (χ3n) is 2.41. The number of carbonyl (C=O) groups excluding carboxylic acids is 1. The summed E-state index contributed by atoms with van der Waals surface area (Å²) in [5.74, 6) is 0.675. The van der Waals surface area contributed by atoms with Gasteiger partial charge in [-0.2, -0.15) is 0 Å². The number of nitrogens with zero attached hydrogens (tertiary/aromatic N) is 2. The van der Waals surface area contributed by atoms with Gasteiger partial charge < -0.3 is 9.73 Å². The van der Waals surface area contributed by atoms with Crippen molar-refractivity contribution in [2.45, 2.75) is 39.2 Å². The van der Waals surface area contributed by atoms with Gasteiger partial charge in [-0.3, -0.25) is 4.79 Å². The Labute approximate surface area is 118 Å². The summed E-state index contributed by atoms with van der Waals surface area (Å²) >= 11 is 0. The van der Waals surface area contributed by atoms with Crippen molar-refractivity contribution in [3.63, 3.8) is 0 Å². The van der Waals surface area contributed by atoms with Crippen LogP contribution in [0.15, 0.2) is 4.42 Å².